The van der Waals surface area contributed by atoms with Crippen molar-refractivity contribution in [3.8, 4) is 11.6 Å². The Morgan fingerprint density at radius 1 is 1.43 bits per heavy atom. The Morgan fingerprint density at radius 3 is 2.86 bits per heavy atom. The highest BCUT2D eigenvalue weighted by molar-refractivity contribution is 5.76. The van der Waals surface area contributed by atoms with Crippen LogP contribution in [0.25, 0.3) is 11.6 Å². The first kappa shape index (κ1) is 15.2. The zero-order chi connectivity index (χ0) is 15.4. The van der Waals surface area contributed by atoms with Crippen LogP contribution in [0.5, 0.6) is 0 Å². The molecule has 0 aliphatic rings. The molecule has 2 rings (SSSR count). The summed E-state index contributed by atoms with van der Waals surface area (Å²) in [4.78, 5) is 11.6. The number of rotatable bonds is 6. The molecule has 0 fully saturated rings. The van der Waals surface area contributed by atoms with Gasteiger partial charge in [-0.05, 0) is 33.8 Å². The normalized spacial score (nSPS) is 11.1. The lowest BCUT2D eigenvalue weighted by molar-refractivity contribution is -0.121. The van der Waals surface area contributed by atoms with Crippen molar-refractivity contribution < 1.29 is 9.21 Å². The second-order valence-electron chi connectivity index (χ2n) is 5.21. The number of nitrogens with one attached hydrogen (secondary N) is 1. The number of amides is 1. The number of aryl methyl sites for hydroxylation is 3. The van der Waals surface area contributed by atoms with Crippen LogP contribution in [0.3, 0.4) is 0 Å². The highest BCUT2D eigenvalue weighted by Gasteiger charge is 2.15. The maximum Gasteiger partial charge on any atom is 0.265 e. The summed E-state index contributed by atoms with van der Waals surface area (Å²) in [6, 6.07) is 2.05. The summed E-state index contributed by atoms with van der Waals surface area (Å²) in [5.74, 6) is 0.890. The van der Waals surface area contributed by atoms with E-state index in [4.69, 9.17) is 4.42 Å². The van der Waals surface area contributed by atoms with E-state index >= 15 is 0 Å². The molecule has 0 spiro atoms. The Kier molecular flexibility index (Phi) is 4.72. The molecule has 1 N–H and O–H groups in total. The van der Waals surface area contributed by atoms with Crippen LogP contribution in [0.15, 0.2) is 10.5 Å². The van der Waals surface area contributed by atoms with Crippen molar-refractivity contribution in [1.29, 1.82) is 0 Å². The van der Waals surface area contributed by atoms with Gasteiger partial charge in [-0.3, -0.25) is 9.48 Å². The average molecular weight is 291 g/mol. The highest BCUT2D eigenvalue weighted by Crippen LogP contribution is 2.19. The van der Waals surface area contributed by atoms with Crippen LogP contribution in [0, 0.1) is 6.92 Å². The van der Waals surface area contributed by atoms with Crippen LogP contribution < -0.4 is 5.32 Å². The summed E-state index contributed by atoms with van der Waals surface area (Å²) in [6.07, 6.45) is 0.774. The van der Waals surface area contributed by atoms with Crippen LogP contribution in [0.4, 0.5) is 0 Å². The molecule has 0 bridgehead atoms. The molecule has 1 amide bonds. The smallest absolute Gasteiger partial charge is 0.265 e. The molecular formula is C14H21N5O2. The molecule has 7 nitrogen and oxygen atoms in total. The van der Waals surface area contributed by atoms with Crippen molar-refractivity contribution in [2.75, 3.05) is 0 Å². The molecule has 2 aromatic rings. The van der Waals surface area contributed by atoms with E-state index in [1.165, 1.54) is 0 Å². The molecule has 21 heavy (non-hydrogen) atoms. The fourth-order valence-corrected chi connectivity index (χ4v) is 2.03. The number of hydrogen-bond acceptors (Lipinski definition) is 5. The topological polar surface area (TPSA) is 85.8 Å². The molecule has 0 radical (unpaired) electrons. The van der Waals surface area contributed by atoms with Gasteiger partial charge in [-0.15, -0.1) is 10.2 Å². The van der Waals surface area contributed by atoms with Crippen LogP contribution >= 0.6 is 0 Å². The average Bonchev–Trinajstić information content (AvgIpc) is 3.01. The maximum atomic E-state index is 11.6. The third-order valence-electron chi connectivity index (χ3n) is 2.90. The third kappa shape index (κ3) is 3.90. The Bertz CT molecular complexity index is 615. The van der Waals surface area contributed by atoms with Gasteiger partial charge in [0.1, 0.15) is 5.69 Å². The summed E-state index contributed by atoms with van der Waals surface area (Å²) >= 11 is 0. The van der Waals surface area contributed by atoms with Crippen LogP contribution in [-0.4, -0.2) is 31.9 Å². The standard InChI is InChI=1S/C14H21N5O2/c1-5-19-11(8-10(4)18-19)14-17-16-13(21-14)7-6-12(20)15-9(2)3/h8-9H,5-7H2,1-4H3,(H,15,20). The van der Waals surface area contributed by atoms with Crippen molar-refractivity contribution in [1.82, 2.24) is 25.3 Å². The summed E-state index contributed by atoms with van der Waals surface area (Å²) in [5, 5.41) is 15.2. The van der Waals surface area contributed by atoms with Crippen LogP contribution in [-0.2, 0) is 17.8 Å². The predicted molar refractivity (Wildman–Crippen MR) is 77.5 cm³/mol. The van der Waals surface area contributed by atoms with E-state index in [0.29, 0.717) is 24.6 Å². The van der Waals surface area contributed by atoms with Crippen molar-refractivity contribution in [2.24, 2.45) is 0 Å². The van der Waals surface area contributed by atoms with E-state index < -0.39 is 0 Å². The number of carbonyl (C=O) groups is 1. The van der Waals surface area contributed by atoms with E-state index in [-0.39, 0.29) is 11.9 Å². The molecular weight excluding hydrogens is 270 g/mol. The molecule has 114 valence electrons. The van der Waals surface area contributed by atoms with Gasteiger partial charge < -0.3 is 9.73 Å². The first-order chi connectivity index (χ1) is 9.99. The molecule has 2 heterocycles. The SMILES string of the molecule is CCn1nc(C)cc1-c1nnc(CCC(=O)NC(C)C)o1. The second-order valence-corrected chi connectivity index (χ2v) is 5.21. The molecule has 0 atom stereocenters. The summed E-state index contributed by atoms with van der Waals surface area (Å²) < 4.78 is 7.44. The van der Waals surface area contributed by atoms with Crippen LogP contribution in [0.1, 0.15) is 38.8 Å². The van der Waals surface area contributed by atoms with Gasteiger partial charge in [-0.1, -0.05) is 0 Å². The maximum absolute atomic E-state index is 11.6. The summed E-state index contributed by atoms with van der Waals surface area (Å²) in [6.45, 7) is 8.51. The van der Waals surface area contributed by atoms with E-state index in [9.17, 15) is 4.79 Å². The number of hydrogen-bond donors (Lipinski definition) is 1. The fraction of sp³-hybridized carbons (Fsp3) is 0.571. The molecule has 0 aliphatic carbocycles. The second kappa shape index (κ2) is 6.51. The van der Waals surface area contributed by atoms with Gasteiger partial charge in [0.15, 0.2) is 0 Å². The molecule has 0 aliphatic heterocycles. The largest absolute Gasteiger partial charge is 0.419 e. The van der Waals surface area contributed by atoms with Gasteiger partial charge in [0.2, 0.25) is 11.8 Å². The van der Waals surface area contributed by atoms with Gasteiger partial charge in [-0.25, -0.2) is 0 Å². The van der Waals surface area contributed by atoms with E-state index in [0.717, 1.165) is 17.9 Å². The van der Waals surface area contributed by atoms with Crippen molar-refractivity contribution >= 4 is 5.91 Å². The third-order valence-corrected chi connectivity index (χ3v) is 2.90. The van der Waals surface area contributed by atoms with Crippen molar-refractivity contribution in [3.63, 3.8) is 0 Å². The van der Waals surface area contributed by atoms with Crippen molar-refractivity contribution in [2.45, 2.75) is 53.1 Å². The van der Waals surface area contributed by atoms with E-state index in [2.05, 4.69) is 20.6 Å². The first-order valence-corrected chi connectivity index (χ1v) is 7.16. The van der Waals surface area contributed by atoms with Gasteiger partial charge in [0, 0.05) is 25.4 Å². The lowest BCUT2D eigenvalue weighted by Crippen LogP contribution is -2.30. The minimum atomic E-state index is -0.0146. The fourth-order valence-electron chi connectivity index (χ4n) is 2.03. The molecule has 0 saturated heterocycles. The van der Waals surface area contributed by atoms with Gasteiger partial charge in [0.05, 0.1) is 5.69 Å². The lowest BCUT2D eigenvalue weighted by atomic mass is 10.3. The number of carbonyl (C=O) groups excluding carboxylic acids is 1. The van der Waals surface area contributed by atoms with Gasteiger partial charge in [-0.2, -0.15) is 5.10 Å². The van der Waals surface area contributed by atoms with Gasteiger partial charge >= 0.3 is 0 Å². The molecule has 7 heteroatoms. The number of nitrogens with zero attached hydrogens (tertiary/aromatic N) is 4. The van der Waals surface area contributed by atoms with E-state index in [1.807, 2.05) is 38.4 Å². The summed E-state index contributed by atoms with van der Waals surface area (Å²) in [7, 11) is 0. The molecule has 0 saturated carbocycles. The van der Waals surface area contributed by atoms with Crippen molar-refractivity contribution in [3.05, 3.63) is 17.7 Å². The Hall–Kier alpha value is -2.18. The predicted octanol–water partition coefficient (Wildman–Crippen LogP) is 1.72. The first-order valence-electron chi connectivity index (χ1n) is 7.16. The number of aromatic nitrogens is 4. The lowest BCUT2D eigenvalue weighted by Gasteiger charge is -2.06. The van der Waals surface area contributed by atoms with E-state index in [1.54, 1.807) is 0 Å². The van der Waals surface area contributed by atoms with Gasteiger partial charge in [0.25, 0.3) is 5.89 Å². The minimum absolute atomic E-state index is 0.0146. The summed E-state index contributed by atoms with van der Waals surface area (Å²) in [5.41, 5.74) is 1.71. The highest BCUT2D eigenvalue weighted by atomic mass is 16.4. The minimum Gasteiger partial charge on any atom is -0.419 e. The Labute approximate surface area is 123 Å². The zero-order valence-corrected chi connectivity index (χ0v) is 12.9. The molecule has 0 aromatic carbocycles. The monoisotopic (exact) mass is 291 g/mol. The molecule has 0 unspecified atom stereocenters. The van der Waals surface area contributed by atoms with Crippen LogP contribution in [0.2, 0.25) is 0 Å². The molecule has 2 aromatic heterocycles. The zero-order valence-electron chi connectivity index (χ0n) is 12.9. The Balaban J connectivity index is 2.03. The Morgan fingerprint density at radius 2 is 2.19 bits per heavy atom. The quantitative estimate of drug-likeness (QED) is 0.875.